The van der Waals surface area contributed by atoms with Crippen molar-refractivity contribution in [1.29, 1.82) is 0 Å². The Morgan fingerprint density at radius 1 is 1.12 bits per heavy atom. The summed E-state index contributed by atoms with van der Waals surface area (Å²) in [6.07, 6.45) is 2.29. The van der Waals surface area contributed by atoms with Crippen molar-refractivity contribution in [2.75, 3.05) is 6.61 Å². The van der Waals surface area contributed by atoms with Crippen molar-refractivity contribution < 1.29 is 9.53 Å². The first-order valence-corrected chi connectivity index (χ1v) is 9.86. The van der Waals surface area contributed by atoms with Gasteiger partial charge in [0.05, 0.1) is 12.5 Å². The van der Waals surface area contributed by atoms with Crippen LogP contribution in [0.2, 0.25) is 0 Å². The van der Waals surface area contributed by atoms with Gasteiger partial charge in [-0.25, -0.2) is 0 Å². The summed E-state index contributed by atoms with van der Waals surface area (Å²) in [6, 6.07) is 14.7. The molecule has 1 saturated carbocycles. The van der Waals surface area contributed by atoms with Crippen LogP contribution in [0, 0.1) is 25.7 Å². The number of aryl methyl sites for hydroxylation is 3. The second-order valence-electron chi connectivity index (χ2n) is 7.41. The van der Waals surface area contributed by atoms with Crippen LogP contribution < -0.4 is 4.74 Å². The number of benzene rings is 2. The lowest BCUT2D eigenvalue weighted by atomic mass is 9.89. The van der Waals surface area contributed by atoms with Gasteiger partial charge in [0.1, 0.15) is 11.5 Å². The quantitative estimate of drug-likeness (QED) is 0.645. The minimum Gasteiger partial charge on any atom is -0.493 e. The zero-order chi connectivity index (χ0) is 18.7. The third-order valence-corrected chi connectivity index (χ3v) is 5.89. The summed E-state index contributed by atoms with van der Waals surface area (Å²) in [4.78, 5) is 12.5. The van der Waals surface area contributed by atoms with Gasteiger partial charge in [-0.3, -0.25) is 4.79 Å². The molecule has 3 heteroatoms. The first-order valence-electron chi connectivity index (χ1n) is 9.42. The topological polar surface area (TPSA) is 26.3 Å². The van der Waals surface area contributed by atoms with E-state index < -0.39 is 0 Å². The van der Waals surface area contributed by atoms with Crippen LogP contribution in [0.1, 0.15) is 35.6 Å². The van der Waals surface area contributed by atoms with Crippen molar-refractivity contribution in [3.8, 4) is 5.75 Å². The Kier molecular flexibility index (Phi) is 6.03. The maximum atomic E-state index is 12.5. The molecule has 1 fully saturated rings. The normalized spacial score (nSPS) is 22.6. The first kappa shape index (κ1) is 19.0. The molecule has 3 atom stereocenters. The fourth-order valence-electron chi connectivity index (χ4n) is 3.86. The molecule has 0 heterocycles. The molecule has 26 heavy (non-hydrogen) atoms. The lowest BCUT2D eigenvalue weighted by molar-refractivity contribution is -0.122. The van der Waals surface area contributed by atoms with Gasteiger partial charge in [0.2, 0.25) is 0 Å². The van der Waals surface area contributed by atoms with E-state index in [2.05, 4.69) is 44.2 Å². The van der Waals surface area contributed by atoms with E-state index in [9.17, 15) is 4.79 Å². The molecule has 2 aromatic rings. The molecule has 2 nitrogen and oxygen atoms in total. The van der Waals surface area contributed by atoms with Gasteiger partial charge in [0.25, 0.3) is 0 Å². The monoisotopic (exact) mass is 370 g/mol. The van der Waals surface area contributed by atoms with Crippen molar-refractivity contribution in [3.63, 3.8) is 0 Å². The number of hydrogen-bond acceptors (Lipinski definition) is 2. The molecule has 0 saturated heterocycles. The zero-order valence-electron chi connectivity index (χ0n) is 15.8. The van der Waals surface area contributed by atoms with Crippen LogP contribution in [0.15, 0.2) is 42.5 Å². The highest BCUT2D eigenvalue weighted by Gasteiger charge is 2.41. The lowest BCUT2D eigenvalue weighted by Crippen LogP contribution is -2.26. The molecule has 0 spiro atoms. The molecule has 2 aromatic carbocycles. The van der Waals surface area contributed by atoms with Gasteiger partial charge in [0.15, 0.2) is 0 Å². The first-order chi connectivity index (χ1) is 12.5. The van der Waals surface area contributed by atoms with E-state index in [0.29, 0.717) is 13.0 Å². The average Bonchev–Trinajstić information content (AvgIpc) is 2.88. The number of carbonyl (C=O) groups excluding carboxylic acids is 1. The van der Waals surface area contributed by atoms with Crippen molar-refractivity contribution in [3.05, 3.63) is 64.7 Å². The highest BCUT2D eigenvalue weighted by Crippen LogP contribution is 2.36. The molecule has 0 amide bonds. The van der Waals surface area contributed by atoms with Crippen LogP contribution in [-0.2, 0) is 17.6 Å². The van der Waals surface area contributed by atoms with Crippen LogP contribution in [-0.4, -0.2) is 17.8 Å². The van der Waals surface area contributed by atoms with Crippen LogP contribution >= 0.6 is 11.6 Å². The van der Waals surface area contributed by atoms with Crippen molar-refractivity contribution >= 4 is 17.4 Å². The fraction of sp³-hybridized carbons (Fsp3) is 0.435. The molecule has 1 unspecified atom stereocenters. The molecule has 138 valence electrons. The van der Waals surface area contributed by atoms with Gasteiger partial charge < -0.3 is 4.74 Å². The number of alkyl halides is 1. The van der Waals surface area contributed by atoms with Crippen molar-refractivity contribution in [2.45, 2.75) is 45.4 Å². The summed E-state index contributed by atoms with van der Waals surface area (Å²) in [7, 11) is 0. The van der Waals surface area contributed by atoms with Crippen LogP contribution in [0.4, 0.5) is 0 Å². The minimum atomic E-state index is -0.136. The summed E-state index contributed by atoms with van der Waals surface area (Å²) in [5.41, 5.74) is 4.89. The van der Waals surface area contributed by atoms with Gasteiger partial charge in [0, 0.05) is 11.8 Å². The zero-order valence-corrected chi connectivity index (χ0v) is 16.6. The van der Waals surface area contributed by atoms with Gasteiger partial charge in [-0.1, -0.05) is 48.9 Å². The number of carbonyl (C=O) groups is 1. The second kappa shape index (κ2) is 8.26. The van der Waals surface area contributed by atoms with Gasteiger partial charge in [-0.2, -0.15) is 0 Å². The maximum absolute atomic E-state index is 12.5. The Hall–Kier alpha value is -1.80. The number of Topliss-reactive ketones (excluding diaryl/α,β-unsaturated/α-hetero) is 1. The predicted octanol–water partition coefficient (Wildman–Crippen LogP) is 5.30. The number of hydrogen-bond donors (Lipinski definition) is 0. The highest BCUT2D eigenvalue weighted by atomic mass is 35.5. The predicted molar refractivity (Wildman–Crippen MR) is 107 cm³/mol. The molecule has 1 aliphatic rings. The van der Waals surface area contributed by atoms with E-state index >= 15 is 0 Å². The molecule has 0 aromatic heterocycles. The van der Waals surface area contributed by atoms with Gasteiger partial charge in [-0.05, 0) is 55.4 Å². The van der Waals surface area contributed by atoms with E-state index in [4.69, 9.17) is 16.3 Å². The number of halogens is 1. The van der Waals surface area contributed by atoms with Crippen molar-refractivity contribution in [2.24, 2.45) is 11.8 Å². The van der Waals surface area contributed by atoms with Crippen molar-refractivity contribution in [1.82, 2.24) is 0 Å². The molecule has 0 radical (unpaired) electrons. The van der Waals surface area contributed by atoms with E-state index in [1.165, 1.54) is 16.7 Å². The fourth-order valence-corrected chi connectivity index (χ4v) is 4.28. The Labute approximate surface area is 161 Å². The summed E-state index contributed by atoms with van der Waals surface area (Å²) in [5, 5.41) is -0.111. The Bertz CT molecular complexity index is 784. The van der Waals surface area contributed by atoms with E-state index in [0.717, 1.165) is 24.2 Å². The van der Waals surface area contributed by atoms with Crippen LogP contribution in [0.3, 0.4) is 0 Å². The Balaban J connectivity index is 1.72. The molecule has 1 aliphatic carbocycles. The maximum Gasteiger partial charge on any atom is 0.141 e. The summed E-state index contributed by atoms with van der Waals surface area (Å²) in [5.74, 6) is 1.07. The Morgan fingerprint density at radius 3 is 2.62 bits per heavy atom. The molecule has 3 rings (SSSR count). The molecule has 0 bridgehead atoms. The van der Waals surface area contributed by atoms with Gasteiger partial charge in [-0.15, -0.1) is 11.6 Å². The Morgan fingerprint density at radius 2 is 1.88 bits per heavy atom. The number of ether oxygens (including phenoxy) is 1. The van der Waals surface area contributed by atoms with Crippen LogP contribution in [0.25, 0.3) is 0 Å². The summed E-state index contributed by atoms with van der Waals surface area (Å²) < 4.78 is 6.03. The van der Waals surface area contributed by atoms with Crippen LogP contribution in [0.5, 0.6) is 5.75 Å². The minimum absolute atomic E-state index is 0.111. The number of ketones is 1. The third-order valence-electron chi connectivity index (χ3n) is 5.41. The molecular weight excluding hydrogens is 344 g/mol. The third kappa shape index (κ3) is 4.29. The molecule has 0 N–H and O–H groups in total. The highest BCUT2D eigenvalue weighted by molar-refractivity contribution is 6.23. The number of rotatable bonds is 6. The standard InChI is InChI=1S/C23H27ClO2/c1-4-17-6-5-7-18(11-17)12-19-20(22(25)13-21(19)24)14-26-23-9-8-15(2)10-16(23)3/h5-11,19-21H,4,12-14H2,1-3H3/t19-,20-,21?/m1/s1. The SMILES string of the molecule is CCc1cccc(C[C@H]2C(Cl)CC(=O)[C@@H]2COc2ccc(C)cc2C)c1. The largest absolute Gasteiger partial charge is 0.493 e. The average molecular weight is 371 g/mol. The van der Waals surface area contributed by atoms with Gasteiger partial charge >= 0.3 is 0 Å². The lowest BCUT2D eigenvalue weighted by Gasteiger charge is -2.22. The smallest absolute Gasteiger partial charge is 0.141 e. The molecular formula is C23H27ClO2. The van der Waals surface area contributed by atoms with E-state index in [-0.39, 0.29) is 23.0 Å². The second-order valence-corrected chi connectivity index (χ2v) is 7.97. The summed E-state index contributed by atoms with van der Waals surface area (Å²) >= 11 is 6.55. The molecule has 0 aliphatic heterocycles. The van der Waals surface area contributed by atoms with E-state index in [1.807, 2.05) is 19.1 Å². The van der Waals surface area contributed by atoms with E-state index in [1.54, 1.807) is 0 Å². The summed E-state index contributed by atoms with van der Waals surface area (Å²) in [6.45, 7) is 6.67.